The fraction of sp³-hybridized carbons (Fsp3) is 0.802. The first kappa shape index (κ1) is 132. The Hall–Kier alpha value is -10.8. The highest BCUT2D eigenvalue weighted by atomic mass is 16.6. The zero-order chi connectivity index (χ0) is 107. The lowest BCUT2D eigenvalue weighted by atomic mass is 10.1. The summed E-state index contributed by atoms with van der Waals surface area (Å²) < 4.78 is 86.4. The minimum atomic E-state index is -1.11. The molecular formula is C91H166N18O34. The van der Waals surface area contributed by atoms with E-state index >= 15 is 0 Å². The van der Waals surface area contributed by atoms with E-state index in [1.54, 1.807) is 90.0 Å². The van der Waals surface area contributed by atoms with Crippen molar-refractivity contribution in [2.75, 3.05) is 251 Å². The molecule has 52 nitrogen and oxygen atoms in total. The second kappa shape index (κ2) is 82.5. The summed E-state index contributed by atoms with van der Waals surface area (Å²) in [6.07, 6.45) is 0.632. The van der Waals surface area contributed by atoms with Crippen molar-refractivity contribution in [2.45, 2.75) is 226 Å². The predicted octanol–water partition coefficient (Wildman–Crippen LogP) is -2.50. The first-order valence-electron chi connectivity index (χ1n) is 48.5. The number of amides is 18. The third-order valence-electron chi connectivity index (χ3n) is 18.0. The molecule has 0 aromatic rings. The van der Waals surface area contributed by atoms with Gasteiger partial charge in [-0.3, -0.25) is 67.1 Å². The molecule has 0 heterocycles. The van der Waals surface area contributed by atoms with Crippen molar-refractivity contribution in [3.05, 3.63) is 0 Å². The van der Waals surface area contributed by atoms with Crippen LogP contribution >= 0.6 is 0 Å². The topological polar surface area (TPSA) is 671 Å². The van der Waals surface area contributed by atoms with Gasteiger partial charge in [0, 0.05) is 118 Å². The second-order valence-corrected chi connectivity index (χ2v) is 35.7. The Morgan fingerprint density at radius 2 is 0.413 bits per heavy atom. The van der Waals surface area contributed by atoms with Crippen LogP contribution in [0.4, 0.5) is 19.2 Å². The van der Waals surface area contributed by atoms with Gasteiger partial charge in [-0.2, -0.15) is 0 Å². The maximum Gasteiger partial charge on any atom is 0.407 e. The third kappa shape index (κ3) is 86.4. The van der Waals surface area contributed by atoms with E-state index in [1.807, 2.05) is 0 Å². The Morgan fingerprint density at radius 3 is 0.636 bits per heavy atom. The van der Waals surface area contributed by atoms with Crippen molar-refractivity contribution >= 4 is 107 Å². The van der Waals surface area contributed by atoms with Crippen LogP contribution in [0.1, 0.15) is 180 Å². The Morgan fingerprint density at radius 1 is 0.203 bits per heavy atom. The molecule has 18 N–H and O–H groups in total. The zero-order valence-corrected chi connectivity index (χ0v) is 86.3. The van der Waals surface area contributed by atoms with Crippen LogP contribution in [0.3, 0.4) is 0 Å². The Bertz CT molecular complexity index is 3660. The van der Waals surface area contributed by atoms with Gasteiger partial charge in [0.2, 0.25) is 82.7 Å². The predicted molar refractivity (Wildman–Crippen MR) is 516 cm³/mol. The molecule has 0 aromatic heterocycles. The summed E-state index contributed by atoms with van der Waals surface area (Å²) in [5, 5.41) is 47.5. The normalized spacial score (nSPS) is 12.2. The molecule has 0 aromatic carbocycles. The van der Waals surface area contributed by atoms with Crippen LogP contribution < -0.4 is 95.7 Å². The van der Waals surface area contributed by atoms with Gasteiger partial charge in [0.1, 0.15) is 86.2 Å². The molecule has 0 aliphatic rings. The highest BCUT2D eigenvalue weighted by Gasteiger charge is 2.29. The van der Waals surface area contributed by atoms with Crippen molar-refractivity contribution in [3.63, 3.8) is 0 Å². The number of hydrogen-bond donors (Lipinski definition) is 18. The lowest BCUT2D eigenvalue weighted by Crippen LogP contribution is -2.53. The summed E-state index contributed by atoms with van der Waals surface area (Å²) >= 11 is 0. The smallest absolute Gasteiger partial charge is 0.407 e. The van der Waals surface area contributed by atoms with Gasteiger partial charge >= 0.3 is 24.4 Å². The monoisotopic (exact) mass is 2060 g/mol. The molecule has 18 amide bonds. The third-order valence-corrected chi connectivity index (χ3v) is 18.0. The summed E-state index contributed by atoms with van der Waals surface area (Å²) in [5.41, 5.74) is -2.69. The van der Waals surface area contributed by atoms with Crippen LogP contribution in [0.15, 0.2) is 0 Å². The number of carbonyl (C=O) groups is 18. The molecule has 0 radical (unpaired) electrons. The Labute approximate surface area is 838 Å². The first-order valence-corrected chi connectivity index (χ1v) is 48.5. The number of alkyl carbamates (subject to hydrolysis) is 4. The lowest BCUT2D eigenvalue weighted by molar-refractivity contribution is -0.133. The molecule has 0 saturated carbocycles. The highest BCUT2D eigenvalue weighted by molar-refractivity contribution is 5.93. The van der Waals surface area contributed by atoms with Crippen LogP contribution in [-0.4, -0.2) is 404 Å². The first-order chi connectivity index (χ1) is 67.9. The Kier molecular flexibility index (Phi) is 76.2. The lowest BCUT2D eigenvalue weighted by Gasteiger charge is -2.22. The van der Waals surface area contributed by atoms with E-state index in [1.165, 1.54) is 7.05 Å². The van der Waals surface area contributed by atoms with E-state index in [9.17, 15) is 86.3 Å². The minimum Gasteiger partial charge on any atom is -0.444 e. The van der Waals surface area contributed by atoms with E-state index in [0.717, 1.165) is 0 Å². The minimum absolute atomic E-state index is 0.000971. The van der Waals surface area contributed by atoms with E-state index in [2.05, 4.69) is 95.7 Å². The molecule has 0 spiro atoms. The SMILES string of the molecule is CC[C@H](NC(=O)[C@H](CCCCNC(=O)COCCOCCNC(=O)[C@H](CCCCNC(=O)COCCOCCNC(=O)CCNC(=O)OC(C)(C)C)NC(=O)COCCOCCNC(=O)CCNC(=O)OC(C)(C)C)NC(=O)COCCOCCNC(=O)[C@H](CCCCNC(=O)COCCOCCNC(=O)CCNC(=O)OC(C)(C)C)NC(=O)COCCOCCNC(=O)CCNC(=O)OC(C)(C)C)C(=O)NC. The molecule has 0 fully saturated rings. The molecule has 824 valence electrons. The molecule has 0 unspecified atom stereocenters. The summed E-state index contributed by atoms with van der Waals surface area (Å²) in [6, 6.07) is -4.05. The van der Waals surface area contributed by atoms with E-state index in [-0.39, 0.29) is 299 Å². The van der Waals surface area contributed by atoms with Crippen LogP contribution in [-0.2, 0) is 143 Å². The van der Waals surface area contributed by atoms with Crippen molar-refractivity contribution in [1.82, 2.24) is 95.7 Å². The largest absolute Gasteiger partial charge is 0.444 e. The van der Waals surface area contributed by atoms with Crippen molar-refractivity contribution in [1.29, 1.82) is 0 Å². The van der Waals surface area contributed by atoms with Crippen LogP contribution in [0.25, 0.3) is 0 Å². The summed E-state index contributed by atoms with van der Waals surface area (Å²) in [7, 11) is 1.42. The summed E-state index contributed by atoms with van der Waals surface area (Å²) in [4.78, 5) is 226. The average molecular weight is 2060 g/mol. The summed E-state index contributed by atoms with van der Waals surface area (Å²) in [5.74, 6) is -6.45. The van der Waals surface area contributed by atoms with Gasteiger partial charge in [0.05, 0.1) is 119 Å². The number of unbranched alkanes of at least 4 members (excludes halogenated alkanes) is 3. The van der Waals surface area contributed by atoms with Gasteiger partial charge in [-0.25, -0.2) is 19.2 Å². The summed E-state index contributed by atoms with van der Waals surface area (Å²) in [6.45, 7) is 23.3. The van der Waals surface area contributed by atoms with Crippen molar-refractivity contribution < 1.29 is 162 Å². The fourth-order valence-corrected chi connectivity index (χ4v) is 11.4. The number of rotatable bonds is 84. The molecular weight excluding hydrogens is 1890 g/mol. The number of hydrogen-bond acceptors (Lipinski definition) is 34. The van der Waals surface area contributed by atoms with Crippen LogP contribution in [0.2, 0.25) is 0 Å². The van der Waals surface area contributed by atoms with Crippen LogP contribution in [0, 0.1) is 0 Å². The molecule has 0 aliphatic carbocycles. The molecule has 0 saturated heterocycles. The standard InChI is InChI=1S/C91H166N18O34/c1-15-66(80(120)92-14)109-83(123)69(108-79(119)65-139-59-53-133-47-41-101-82(122)68(107-78(118)64-138-58-52-131-45-39-99-73(113)28-35-105-87(127)143-91(11,12)13)23-17-20-30-94-75(115)61-135-55-49-129-43-37-97-71(111)26-33-103-85(125)141-89(5,6)7)24-18-21-31-95-76(116)62-136-56-50-132-46-40-100-81(121)67(106-77(117)63-137-57-51-130-44-38-98-72(112)27-34-104-86(126)142-90(8,9)10)22-16-19-29-93-74(114)60-134-54-48-128-42-36-96-70(110)25-32-102-84(124)140-88(2,3)4/h66-69H,15-65H2,1-14H3,(H,92,120)(H,93,114)(H,94,115)(H,95,116)(H,96,110)(H,97,111)(H,98,112)(H,99,113)(H,100,121)(H,101,122)(H,102,124)(H,103,125)(H,104,126)(H,105,127)(H,106,117)(H,107,118)(H,108,119)(H,109,123)/t66-,67-,68-,69-/m0/s1. The fourth-order valence-electron chi connectivity index (χ4n) is 11.4. The van der Waals surface area contributed by atoms with Gasteiger partial charge < -0.3 is 171 Å². The van der Waals surface area contributed by atoms with E-state index < -0.39 is 150 Å². The van der Waals surface area contributed by atoms with Gasteiger partial charge in [-0.05, 0) is 147 Å². The van der Waals surface area contributed by atoms with E-state index in [4.69, 9.17) is 75.8 Å². The average Bonchev–Trinajstić information content (AvgIpc) is 0.892. The maximum absolute atomic E-state index is 13.6. The molecule has 143 heavy (non-hydrogen) atoms. The van der Waals surface area contributed by atoms with Gasteiger partial charge in [0.15, 0.2) is 0 Å². The molecule has 0 aliphatic heterocycles. The number of nitrogens with one attached hydrogen (secondary N) is 18. The molecule has 0 bridgehead atoms. The number of ether oxygens (including phenoxy) is 16. The highest BCUT2D eigenvalue weighted by Crippen LogP contribution is 2.12. The van der Waals surface area contributed by atoms with Crippen LogP contribution in [0.5, 0.6) is 0 Å². The molecule has 52 heteroatoms. The molecule has 4 atom stereocenters. The van der Waals surface area contributed by atoms with Crippen molar-refractivity contribution in [3.8, 4) is 0 Å². The van der Waals surface area contributed by atoms with Gasteiger partial charge in [-0.1, -0.05) is 6.92 Å². The number of carbonyl (C=O) groups excluding carboxylic acids is 18. The van der Waals surface area contributed by atoms with Gasteiger partial charge in [-0.15, -0.1) is 0 Å². The zero-order valence-electron chi connectivity index (χ0n) is 86.3. The van der Waals surface area contributed by atoms with Crippen molar-refractivity contribution in [2.24, 2.45) is 0 Å². The number of likely N-dealkylation sites (N-methyl/N-ethyl adjacent to an activating group) is 1. The quantitative estimate of drug-likeness (QED) is 0.0221. The van der Waals surface area contributed by atoms with Gasteiger partial charge in [0.25, 0.3) is 0 Å². The second-order valence-electron chi connectivity index (χ2n) is 35.7. The van der Waals surface area contributed by atoms with E-state index in [0.29, 0.717) is 38.5 Å². The molecule has 0 rings (SSSR count). The Balaban J connectivity index is 5.30. The maximum atomic E-state index is 13.6.